The van der Waals surface area contributed by atoms with E-state index in [1.807, 2.05) is 0 Å². The topological polar surface area (TPSA) is 32.8 Å². The number of amides is 1. The van der Waals surface area contributed by atoms with E-state index in [0.717, 1.165) is 56.8 Å². The predicted molar refractivity (Wildman–Crippen MR) is 90.2 cm³/mol. The van der Waals surface area contributed by atoms with Gasteiger partial charge < -0.3 is 9.64 Å². The SMILES string of the molecule is COCCC1(C(=O)N2C[C@@H]3CN4CCCC[C@H]4[C@@H]3C2)CCCC1. The first kappa shape index (κ1) is 15.9. The largest absolute Gasteiger partial charge is 0.385 e. The number of nitrogens with zero attached hydrogens (tertiary/aromatic N) is 2. The van der Waals surface area contributed by atoms with Gasteiger partial charge in [-0.3, -0.25) is 9.69 Å². The molecule has 23 heavy (non-hydrogen) atoms. The van der Waals surface area contributed by atoms with Crippen LogP contribution in [0.5, 0.6) is 0 Å². The summed E-state index contributed by atoms with van der Waals surface area (Å²) in [5.74, 6) is 1.95. The van der Waals surface area contributed by atoms with E-state index in [1.165, 1.54) is 45.2 Å². The molecule has 130 valence electrons. The summed E-state index contributed by atoms with van der Waals surface area (Å²) in [5, 5.41) is 0. The first-order valence-corrected chi connectivity index (χ1v) is 9.76. The Morgan fingerprint density at radius 1 is 1.13 bits per heavy atom. The Morgan fingerprint density at radius 2 is 1.96 bits per heavy atom. The third-order valence-electron chi connectivity index (χ3n) is 7.21. The van der Waals surface area contributed by atoms with Crippen molar-refractivity contribution in [1.82, 2.24) is 9.80 Å². The van der Waals surface area contributed by atoms with E-state index in [4.69, 9.17) is 4.74 Å². The van der Waals surface area contributed by atoms with Gasteiger partial charge in [-0.15, -0.1) is 0 Å². The molecule has 1 aliphatic carbocycles. The van der Waals surface area contributed by atoms with Crippen LogP contribution in [0.4, 0.5) is 0 Å². The van der Waals surface area contributed by atoms with E-state index in [-0.39, 0.29) is 5.41 Å². The van der Waals surface area contributed by atoms with Crippen molar-refractivity contribution in [3.05, 3.63) is 0 Å². The van der Waals surface area contributed by atoms with Crippen LogP contribution in [0, 0.1) is 17.3 Å². The molecule has 0 bridgehead atoms. The number of fused-ring (bicyclic) bond motifs is 3. The number of carbonyl (C=O) groups is 1. The molecule has 4 heteroatoms. The van der Waals surface area contributed by atoms with Crippen molar-refractivity contribution in [3.63, 3.8) is 0 Å². The monoisotopic (exact) mass is 320 g/mol. The van der Waals surface area contributed by atoms with Crippen molar-refractivity contribution in [1.29, 1.82) is 0 Å². The van der Waals surface area contributed by atoms with Crippen LogP contribution in [0.3, 0.4) is 0 Å². The Morgan fingerprint density at radius 3 is 2.74 bits per heavy atom. The highest BCUT2D eigenvalue weighted by molar-refractivity contribution is 5.83. The summed E-state index contributed by atoms with van der Waals surface area (Å²) in [6.07, 6.45) is 9.63. The van der Waals surface area contributed by atoms with E-state index >= 15 is 0 Å². The molecule has 4 nitrogen and oxygen atoms in total. The second-order valence-electron chi connectivity index (χ2n) is 8.42. The zero-order valence-corrected chi connectivity index (χ0v) is 14.6. The Hall–Kier alpha value is -0.610. The van der Waals surface area contributed by atoms with Gasteiger partial charge in [-0.05, 0) is 50.5 Å². The summed E-state index contributed by atoms with van der Waals surface area (Å²) < 4.78 is 5.31. The van der Waals surface area contributed by atoms with Gasteiger partial charge >= 0.3 is 0 Å². The Kier molecular flexibility index (Phi) is 4.39. The van der Waals surface area contributed by atoms with Gasteiger partial charge in [0, 0.05) is 39.4 Å². The quantitative estimate of drug-likeness (QED) is 0.798. The molecular formula is C19H32N2O2. The van der Waals surface area contributed by atoms with Gasteiger partial charge in [0.25, 0.3) is 0 Å². The average molecular weight is 320 g/mol. The number of rotatable bonds is 4. The van der Waals surface area contributed by atoms with Crippen molar-refractivity contribution in [2.75, 3.05) is 39.9 Å². The van der Waals surface area contributed by atoms with Crippen LogP contribution in [0.25, 0.3) is 0 Å². The lowest BCUT2D eigenvalue weighted by Crippen LogP contribution is -2.45. The fourth-order valence-electron chi connectivity index (χ4n) is 5.98. The molecule has 0 aromatic rings. The van der Waals surface area contributed by atoms with E-state index in [1.54, 1.807) is 7.11 Å². The minimum Gasteiger partial charge on any atom is -0.385 e. The van der Waals surface area contributed by atoms with Crippen LogP contribution in [0.15, 0.2) is 0 Å². The molecule has 4 aliphatic rings. The maximum absolute atomic E-state index is 13.3. The molecule has 0 N–H and O–H groups in total. The van der Waals surface area contributed by atoms with Crippen molar-refractivity contribution in [3.8, 4) is 0 Å². The number of likely N-dealkylation sites (tertiary alicyclic amines) is 1. The minimum absolute atomic E-state index is 0.0963. The molecular weight excluding hydrogens is 288 g/mol. The molecule has 3 atom stereocenters. The maximum atomic E-state index is 13.3. The van der Waals surface area contributed by atoms with Crippen LogP contribution in [-0.2, 0) is 9.53 Å². The summed E-state index contributed by atoms with van der Waals surface area (Å²) in [4.78, 5) is 18.3. The van der Waals surface area contributed by atoms with Gasteiger partial charge in [-0.2, -0.15) is 0 Å². The first-order chi connectivity index (χ1) is 11.2. The zero-order valence-electron chi connectivity index (χ0n) is 14.6. The van der Waals surface area contributed by atoms with Crippen LogP contribution < -0.4 is 0 Å². The number of carbonyl (C=O) groups excluding carboxylic acids is 1. The number of hydrogen-bond donors (Lipinski definition) is 0. The number of hydrogen-bond acceptors (Lipinski definition) is 3. The molecule has 3 aliphatic heterocycles. The normalized spacial score (nSPS) is 36.2. The van der Waals surface area contributed by atoms with E-state index < -0.39 is 0 Å². The van der Waals surface area contributed by atoms with Gasteiger partial charge in [0.15, 0.2) is 0 Å². The summed E-state index contributed by atoms with van der Waals surface area (Å²) in [6.45, 7) is 5.31. The van der Waals surface area contributed by atoms with Crippen LogP contribution in [0.1, 0.15) is 51.4 Å². The molecule has 0 aromatic carbocycles. The van der Waals surface area contributed by atoms with Gasteiger partial charge in [-0.1, -0.05) is 19.3 Å². The third kappa shape index (κ3) is 2.72. The van der Waals surface area contributed by atoms with Gasteiger partial charge in [0.1, 0.15) is 0 Å². The maximum Gasteiger partial charge on any atom is 0.228 e. The van der Waals surface area contributed by atoms with Crippen molar-refractivity contribution >= 4 is 5.91 Å². The third-order valence-corrected chi connectivity index (χ3v) is 7.21. The Labute approximate surface area is 140 Å². The van der Waals surface area contributed by atoms with Gasteiger partial charge in [0.2, 0.25) is 5.91 Å². The molecule has 0 aromatic heterocycles. The predicted octanol–water partition coefficient (Wildman–Crippen LogP) is 2.53. The molecule has 4 fully saturated rings. The second kappa shape index (κ2) is 6.36. The summed E-state index contributed by atoms with van der Waals surface area (Å²) in [7, 11) is 1.75. The van der Waals surface area contributed by atoms with Crippen molar-refractivity contribution in [2.45, 2.75) is 57.4 Å². The number of piperidine rings is 1. The van der Waals surface area contributed by atoms with Crippen molar-refractivity contribution in [2.24, 2.45) is 17.3 Å². The fraction of sp³-hybridized carbons (Fsp3) is 0.947. The Bertz CT molecular complexity index is 447. The summed E-state index contributed by atoms with van der Waals surface area (Å²) >= 11 is 0. The standard InChI is InChI=1S/C19H32N2O2/c1-23-11-9-19(7-3-4-8-19)18(22)21-13-15-12-20-10-5-2-6-17(20)16(15)14-21/h15-17H,2-14H2,1H3/t15-,16+,17-/m0/s1. The van der Waals surface area contributed by atoms with E-state index in [9.17, 15) is 4.79 Å². The average Bonchev–Trinajstić information content (AvgIpc) is 3.27. The first-order valence-electron chi connectivity index (χ1n) is 9.76. The van der Waals surface area contributed by atoms with E-state index in [2.05, 4.69) is 9.80 Å². The molecule has 4 rings (SSSR count). The lowest BCUT2D eigenvalue weighted by Gasteiger charge is -2.36. The lowest BCUT2D eigenvalue weighted by molar-refractivity contribution is -0.142. The van der Waals surface area contributed by atoms with E-state index in [0.29, 0.717) is 5.91 Å². The molecule has 1 amide bonds. The molecule has 3 heterocycles. The number of ether oxygens (including phenoxy) is 1. The molecule has 0 unspecified atom stereocenters. The highest BCUT2D eigenvalue weighted by Gasteiger charge is 2.51. The fourth-order valence-corrected chi connectivity index (χ4v) is 5.98. The zero-order chi connectivity index (χ0) is 15.9. The lowest BCUT2D eigenvalue weighted by atomic mass is 9.81. The smallest absolute Gasteiger partial charge is 0.228 e. The van der Waals surface area contributed by atoms with Crippen LogP contribution in [0.2, 0.25) is 0 Å². The van der Waals surface area contributed by atoms with Crippen LogP contribution in [-0.4, -0.2) is 61.6 Å². The summed E-state index contributed by atoms with van der Waals surface area (Å²) in [5.41, 5.74) is -0.0963. The second-order valence-corrected chi connectivity index (χ2v) is 8.42. The Balaban J connectivity index is 1.44. The number of methoxy groups -OCH3 is 1. The molecule has 3 saturated heterocycles. The minimum atomic E-state index is -0.0963. The molecule has 0 radical (unpaired) electrons. The summed E-state index contributed by atoms with van der Waals surface area (Å²) in [6, 6.07) is 0.769. The van der Waals surface area contributed by atoms with Crippen molar-refractivity contribution < 1.29 is 9.53 Å². The molecule has 0 spiro atoms. The van der Waals surface area contributed by atoms with Gasteiger partial charge in [-0.25, -0.2) is 0 Å². The highest BCUT2D eigenvalue weighted by Crippen LogP contribution is 2.46. The highest BCUT2D eigenvalue weighted by atomic mass is 16.5. The van der Waals surface area contributed by atoms with Gasteiger partial charge in [0.05, 0.1) is 5.41 Å². The molecule has 1 saturated carbocycles. The van der Waals surface area contributed by atoms with Crippen LogP contribution >= 0.6 is 0 Å².